The number of nitrogens with one attached hydrogen (secondary N) is 1. The molecule has 0 fully saturated rings. The number of anilines is 3. The highest BCUT2D eigenvalue weighted by Gasteiger charge is 2.15. The zero-order valence-corrected chi connectivity index (χ0v) is 16.0. The van der Waals surface area contributed by atoms with Gasteiger partial charge in [-0.25, -0.2) is 4.98 Å². The molecule has 2 heterocycles. The predicted molar refractivity (Wildman–Crippen MR) is 112 cm³/mol. The van der Waals surface area contributed by atoms with E-state index in [1.807, 2.05) is 44.4 Å². The monoisotopic (exact) mass is 380 g/mol. The van der Waals surface area contributed by atoms with Crippen molar-refractivity contribution in [3.05, 3.63) is 65.3 Å². The summed E-state index contributed by atoms with van der Waals surface area (Å²) >= 11 is 7.72. The minimum Gasteiger partial charge on any atom is -0.378 e. The molecule has 0 saturated heterocycles. The number of rotatable bonds is 4. The van der Waals surface area contributed by atoms with Gasteiger partial charge in [0.05, 0.1) is 5.39 Å². The molecule has 0 atom stereocenters. The van der Waals surface area contributed by atoms with Gasteiger partial charge in [0.2, 0.25) is 5.28 Å². The van der Waals surface area contributed by atoms with E-state index in [0.29, 0.717) is 0 Å². The van der Waals surface area contributed by atoms with Crippen molar-refractivity contribution in [2.24, 2.45) is 0 Å². The van der Waals surface area contributed by atoms with E-state index in [9.17, 15) is 0 Å². The van der Waals surface area contributed by atoms with Gasteiger partial charge in [0.25, 0.3) is 0 Å². The lowest BCUT2D eigenvalue weighted by molar-refractivity contribution is 1.13. The Balaban J connectivity index is 1.80. The molecule has 0 bridgehead atoms. The lowest BCUT2D eigenvalue weighted by atomic mass is 10.1. The van der Waals surface area contributed by atoms with Gasteiger partial charge < -0.3 is 10.2 Å². The molecule has 0 spiro atoms. The van der Waals surface area contributed by atoms with E-state index in [1.54, 1.807) is 11.3 Å². The molecule has 0 aliphatic rings. The Morgan fingerprint density at radius 2 is 1.69 bits per heavy atom. The van der Waals surface area contributed by atoms with Gasteiger partial charge in [-0.05, 0) is 41.4 Å². The van der Waals surface area contributed by atoms with E-state index in [2.05, 4.69) is 49.8 Å². The van der Waals surface area contributed by atoms with E-state index >= 15 is 0 Å². The Kier molecular flexibility index (Phi) is 4.49. The highest BCUT2D eigenvalue weighted by molar-refractivity contribution is 7.17. The molecule has 26 heavy (non-hydrogen) atoms. The van der Waals surface area contributed by atoms with Gasteiger partial charge in [-0.2, -0.15) is 4.98 Å². The molecule has 2 aromatic carbocycles. The zero-order valence-electron chi connectivity index (χ0n) is 14.4. The largest absolute Gasteiger partial charge is 0.378 e. The summed E-state index contributed by atoms with van der Waals surface area (Å²) in [7, 11) is 4.04. The van der Waals surface area contributed by atoms with Crippen LogP contribution in [-0.2, 0) is 0 Å². The summed E-state index contributed by atoms with van der Waals surface area (Å²) < 4.78 is 0. The molecule has 0 saturated carbocycles. The maximum Gasteiger partial charge on any atom is 0.225 e. The van der Waals surface area contributed by atoms with Crippen LogP contribution in [0.3, 0.4) is 0 Å². The van der Waals surface area contributed by atoms with Crippen molar-refractivity contribution in [3.8, 4) is 11.1 Å². The van der Waals surface area contributed by atoms with Crippen LogP contribution in [-0.4, -0.2) is 24.1 Å². The molecule has 0 unspecified atom stereocenters. The van der Waals surface area contributed by atoms with Crippen molar-refractivity contribution >= 4 is 50.3 Å². The topological polar surface area (TPSA) is 41.0 Å². The quantitative estimate of drug-likeness (QED) is 0.453. The van der Waals surface area contributed by atoms with Crippen LogP contribution in [0, 0.1) is 0 Å². The standard InChI is InChI=1S/C20H17ClN4S/c1-25(2)15-10-8-14(9-11-15)22-18-17-16(13-6-4-3-5-7-13)12-26-19(17)24-20(21)23-18/h3-12H,1-2H3,(H,22,23,24). The van der Waals surface area contributed by atoms with Crippen LogP contribution in [0.2, 0.25) is 5.28 Å². The van der Waals surface area contributed by atoms with Crippen LogP contribution in [0.15, 0.2) is 60.0 Å². The smallest absolute Gasteiger partial charge is 0.225 e. The Bertz CT molecular complexity index is 1040. The molecule has 0 aliphatic carbocycles. The predicted octanol–water partition coefficient (Wildman–Crippen LogP) is 5.82. The van der Waals surface area contributed by atoms with Crippen LogP contribution >= 0.6 is 22.9 Å². The first-order valence-electron chi connectivity index (χ1n) is 8.16. The summed E-state index contributed by atoms with van der Waals surface area (Å²) in [5.74, 6) is 0.720. The van der Waals surface area contributed by atoms with Crippen LogP contribution in [0.4, 0.5) is 17.2 Å². The van der Waals surface area contributed by atoms with Crippen molar-refractivity contribution in [1.29, 1.82) is 0 Å². The third-order valence-corrected chi connectivity index (χ3v) is 5.18. The SMILES string of the molecule is CN(C)c1ccc(Nc2nc(Cl)nc3scc(-c4ccccc4)c23)cc1. The van der Waals surface area contributed by atoms with Gasteiger partial charge in [-0.3, -0.25) is 0 Å². The van der Waals surface area contributed by atoms with E-state index < -0.39 is 0 Å². The van der Waals surface area contributed by atoms with Gasteiger partial charge in [0.1, 0.15) is 10.6 Å². The summed E-state index contributed by atoms with van der Waals surface area (Å²) in [5, 5.41) is 6.74. The second kappa shape index (κ2) is 6.94. The minimum absolute atomic E-state index is 0.242. The van der Waals surface area contributed by atoms with Crippen molar-refractivity contribution < 1.29 is 0 Å². The van der Waals surface area contributed by atoms with Gasteiger partial charge in [-0.15, -0.1) is 11.3 Å². The third kappa shape index (κ3) is 3.23. The average molecular weight is 381 g/mol. The summed E-state index contributed by atoms with van der Waals surface area (Å²) in [6, 6.07) is 18.4. The number of hydrogen-bond donors (Lipinski definition) is 1. The normalized spacial score (nSPS) is 10.9. The first-order chi connectivity index (χ1) is 12.6. The number of halogens is 1. The molecule has 2 aromatic heterocycles. The molecule has 130 valence electrons. The van der Waals surface area contributed by atoms with Crippen LogP contribution in [0.5, 0.6) is 0 Å². The number of aromatic nitrogens is 2. The van der Waals surface area contributed by atoms with E-state index in [0.717, 1.165) is 38.5 Å². The highest BCUT2D eigenvalue weighted by atomic mass is 35.5. The minimum atomic E-state index is 0.242. The number of benzene rings is 2. The second-order valence-corrected chi connectivity index (χ2v) is 7.30. The summed E-state index contributed by atoms with van der Waals surface area (Å²) in [6.45, 7) is 0. The average Bonchev–Trinajstić information content (AvgIpc) is 3.07. The maximum absolute atomic E-state index is 6.15. The molecule has 4 aromatic rings. The third-order valence-electron chi connectivity index (χ3n) is 4.14. The lowest BCUT2D eigenvalue weighted by Crippen LogP contribution is -2.08. The van der Waals surface area contributed by atoms with Crippen LogP contribution < -0.4 is 10.2 Å². The number of thiophene rings is 1. The summed E-state index contributed by atoms with van der Waals surface area (Å²) in [4.78, 5) is 11.8. The van der Waals surface area contributed by atoms with Gasteiger partial charge in [0, 0.05) is 36.4 Å². The molecule has 4 nitrogen and oxygen atoms in total. The van der Waals surface area contributed by atoms with Crippen molar-refractivity contribution in [3.63, 3.8) is 0 Å². The Morgan fingerprint density at radius 3 is 2.38 bits per heavy atom. The highest BCUT2D eigenvalue weighted by Crippen LogP contribution is 2.38. The molecule has 4 rings (SSSR count). The van der Waals surface area contributed by atoms with Crippen molar-refractivity contribution in [2.45, 2.75) is 0 Å². The van der Waals surface area contributed by atoms with E-state index in [1.165, 1.54) is 0 Å². The Morgan fingerprint density at radius 1 is 0.962 bits per heavy atom. The van der Waals surface area contributed by atoms with Crippen LogP contribution in [0.1, 0.15) is 0 Å². The lowest BCUT2D eigenvalue weighted by Gasteiger charge is -2.14. The zero-order chi connectivity index (χ0) is 18.1. The molecule has 0 amide bonds. The van der Waals surface area contributed by atoms with Gasteiger partial charge >= 0.3 is 0 Å². The van der Waals surface area contributed by atoms with Gasteiger partial charge in [0.15, 0.2) is 0 Å². The number of hydrogen-bond acceptors (Lipinski definition) is 5. The van der Waals surface area contributed by atoms with Crippen molar-refractivity contribution in [1.82, 2.24) is 9.97 Å². The molecule has 0 aliphatic heterocycles. The Labute approximate surface area is 161 Å². The number of nitrogens with zero attached hydrogens (tertiary/aromatic N) is 3. The maximum atomic E-state index is 6.15. The fourth-order valence-corrected chi connectivity index (χ4v) is 3.98. The first-order valence-corrected chi connectivity index (χ1v) is 9.42. The second-order valence-electron chi connectivity index (χ2n) is 6.10. The number of fused-ring (bicyclic) bond motifs is 1. The van der Waals surface area contributed by atoms with Crippen molar-refractivity contribution in [2.75, 3.05) is 24.3 Å². The summed E-state index contributed by atoms with van der Waals surface area (Å²) in [5.41, 5.74) is 4.34. The van der Waals surface area contributed by atoms with E-state index in [-0.39, 0.29) is 5.28 Å². The van der Waals surface area contributed by atoms with Gasteiger partial charge in [-0.1, -0.05) is 30.3 Å². The fourth-order valence-electron chi connectivity index (χ4n) is 2.82. The molecule has 1 N–H and O–H groups in total. The molecule has 0 radical (unpaired) electrons. The van der Waals surface area contributed by atoms with Crippen LogP contribution in [0.25, 0.3) is 21.3 Å². The van der Waals surface area contributed by atoms with E-state index in [4.69, 9.17) is 11.6 Å². The molecule has 6 heteroatoms. The first kappa shape index (κ1) is 16.8. The molecular weight excluding hydrogens is 364 g/mol. The Hall–Kier alpha value is -2.63. The fraction of sp³-hybridized carbons (Fsp3) is 0.100. The molecular formula is C20H17ClN4S. The summed E-state index contributed by atoms with van der Waals surface area (Å²) in [6.07, 6.45) is 0.